The van der Waals surface area contributed by atoms with E-state index in [0.717, 1.165) is 16.7 Å². The van der Waals surface area contributed by atoms with E-state index in [4.69, 9.17) is 16.3 Å². The molecule has 0 saturated carbocycles. The van der Waals surface area contributed by atoms with Gasteiger partial charge < -0.3 is 10.1 Å². The van der Waals surface area contributed by atoms with Crippen molar-refractivity contribution in [2.45, 2.75) is 6.92 Å². The van der Waals surface area contributed by atoms with Gasteiger partial charge in [-0.05, 0) is 54.5 Å². The van der Waals surface area contributed by atoms with Crippen LogP contribution in [0, 0.1) is 5.82 Å². The highest BCUT2D eigenvalue weighted by atomic mass is 35.5. The minimum absolute atomic E-state index is 0.00314. The molecule has 0 atom stereocenters. The van der Waals surface area contributed by atoms with Crippen LogP contribution in [-0.4, -0.2) is 32.3 Å². The Morgan fingerprint density at radius 2 is 2.12 bits per heavy atom. The van der Waals surface area contributed by atoms with E-state index >= 15 is 0 Å². The molecule has 4 rings (SSSR count). The topological polar surface area (TPSA) is 81.9 Å². The fourth-order valence-corrected chi connectivity index (χ4v) is 3.25. The molecule has 4 aromatic rings. The summed E-state index contributed by atoms with van der Waals surface area (Å²) in [7, 11) is 0. The molecule has 0 bridgehead atoms. The number of benzene rings is 2. The lowest BCUT2D eigenvalue weighted by atomic mass is 10.0. The molecule has 2 heterocycles. The number of carbonyl (C=O) groups is 1. The smallest absolute Gasteiger partial charge is 0.330 e. The Balaban J connectivity index is 1.69. The van der Waals surface area contributed by atoms with Crippen LogP contribution < -0.4 is 5.32 Å². The molecule has 0 aliphatic heterocycles. The van der Waals surface area contributed by atoms with E-state index in [9.17, 15) is 9.18 Å². The maximum absolute atomic E-state index is 13.5. The Bertz CT molecular complexity index is 1310. The zero-order valence-electron chi connectivity index (χ0n) is 17.6. The van der Waals surface area contributed by atoms with Crippen LogP contribution in [0.5, 0.6) is 0 Å². The van der Waals surface area contributed by atoms with Gasteiger partial charge in [0, 0.05) is 35.9 Å². The Hall–Kier alpha value is -4.04. The van der Waals surface area contributed by atoms with Crippen LogP contribution in [0.25, 0.3) is 23.0 Å². The number of carbonyl (C=O) groups excluding carboxylic acids is 1. The van der Waals surface area contributed by atoms with Gasteiger partial charge in [0.15, 0.2) is 5.82 Å². The van der Waals surface area contributed by atoms with Crippen molar-refractivity contribution in [3.8, 4) is 16.9 Å². The van der Waals surface area contributed by atoms with Gasteiger partial charge in [0.25, 0.3) is 0 Å². The molecule has 0 fully saturated rings. The lowest BCUT2D eigenvalue weighted by Gasteiger charge is -2.12. The predicted molar refractivity (Wildman–Crippen MR) is 125 cm³/mol. The number of anilines is 2. The molecule has 9 heteroatoms. The highest BCUT2D eigenvalue weighted by molar-refractivity contribution is 6.31. The van der Waals surface area contributed by atoms with E-state index in [0.29, 0.717) is 24.1 Å². The van der Waals surface area contributed by atoms with Crippen molar-refractivity contribution in [1.82, 2.24) is 19.7 Å². The van der Waals surface area contributed by atoms with Crippen LogP contribution in [0.2, 0.25) is 5.02 Å². The average molecular weight is 464 g/mol. The van der Waals surface area contributed by atoms with Crippen molar-refractivity contribution in [2.75, 3.05) is 11.9 Å². The van der Waals surface area contributed by atoms with Crippen molar-refractivity contribution in [1.29, 1.82) is 0 Å². The molecule has 0 unspecified atom stereocenters. The number of esters is 1. The first kappa shape index (κ1) is 22.2. The SMILES string of the molecule is CCOC(=O)/C=C/c1cccc(-c2cnc(Nc3ccc(F)c(Cl)c3)nc2-n2cccn2)c1. The van der Waals surface area contributed by atoms with Crippen LogP contribution in [0.3, 0.4) is 0 Å². The summed E-state index contributed by atoms with van der Waals surface area (Å²) in [6.45, 7) is 2.07. The van der Waals surface area contributed by atoms with E-state index in [2.05, 4.69) is 20.4 Å². The van der Waals surface area contributed by atoms with Gasteiger partial charge in [-0.1, -0.05) is 29.8 Å². The van der Waals surface area contributed by atoms with Crippen molar-refractivity contribution in [3.05, 3.63) is 89.6 Å². The van der Waals surface area contributed by atoms with E-state index in [1.54, 1.807) is 48.4 Å². The molecule has 7 nitrogen and oxygen atoms in total. The predicted octanol–water partition coefficient (Wildman–Crippen LogP) is 5.44. The minimum Gasteiger partial charge on any atom is -0.463 e. The van der Waals surface area contributed by atoms with Gasteiger partial charge in [-0.3, -0.25) is 0 Å². The summed E-state index contributed by atoms with van der Waals surface area (Å²) in [6, 6.07) is 13.6. The molecule has 0 aliphatic rings. The summed E-state index contributed by atoms with van der Waals surface area (Å²) in [5.74, 6) is -0.0742. The van der Waals surface area contributed by atoms with Crippen LogP contribution in [0.4, 0.5) is 16.0 Å². The number of halogens is 2. The third kappa shape index (κ3) is 5.42. The Morgan fingerprint density at radius 3 is 2.88 bits per heavy atom. The standard InChI is InChI=1S/C24H19ClFN5O2/c1-2-33-22(32)10-7-16-5-3-6-17(13-16)19-15-27-24(30-23(19)31-12-4-11-28-31)29-18-8-9-21(26)20(25)14-18/h3-15H,2H2,1H3,(H,27,29,30)/b10-7+. The number of nitrogens with zero attached hydrogens (tertiary/aromatic N) is 4. The number of hydrogen-bond acceptors (Lipinski definition) is 6. The summed E-state index contributed by atoms with van der Waals surface area (Å²) < 4.78 is 20.0. The second-order valence-electron chi connectivity index (χ2n) is 6.85. The molecule has 0 spiro atoms. The van der Waals surface area contributed by atoms with Crippen LogP contribution >= 0.6 is 11.6 Å². The fourth-order valence-electron chi connectivity index (χ4n) is 3.07. The molecule has 1 N–H and O–H groups in total. The van der Waals surface area contributed by atoms with E-state index in [1.165, 1.54) is 18.2 Å². The summed E-state index contributed by atoms with van der Waals surface area (Å²) in [4.78, 5) is 20.7. The largest absolute Gasteiger partial charge is 0.463 e. The molecule has 33 heavy (non-hydrogen) atoms. The third-order valence-corrected chi connectivity index (χ3v) is 4.85. The fraction of sp³-hybridized carbons (Fsp3) is 0.0833. The second kappa shape index (κ2) is 10.1. The number of hydrogen-bond donors (Lipinski definition) is 1. The van der Waals surface area contributed by atoms with Gasteiger partial charge in [-0.15, -0.1) is 0 Å². The number of nitrogens with one attached hydrogen (secondary N) is 1. The quantitative estimate of drug-likeness (QED) is 0.290. The van der Waals surface area contributed by atoms with Gasteiger partial charge in [-0.25, -0.2) is 18.9 Å². The van der Waals surface area contributed by atoms with E-state index < -0.39 is 11.8 Å². The van der Waals surface area contributed by atoms with E-state index in [1.807, 2.05) is 24.3 Å². The lowest BCUT2D eigenvalue weighted by molar-refractivity contribution is -0.137. The maximum Gasteiger partial charge on any atom is 0.330 e. The number of ether oxygens (including phenoxy) is 1. The van der Waals surface area contributed by atoms with Crippen LogP contribution in [0.1, 0.15) is 12.5 Å². The number of rotatable bonds is 7. The lowest BCUT2D eigenvalue weighted by Crippen LogP contribution is -2.06. The van der Waals surface area contributed by atoms with Crippen molar-refractivity contribution in [2.24, 2.45) is 0 Å². The summed E-state index contributed by atoms with van der Waals surface area (Å²) in [5, 5.41) is 7.33. The summed E-state index contributed by atoms with van der Waals surface area (Å²) in [5.41, 5.74) is 2.93. The van der Waals surface area contributed by atoms with Gasteiger partial charge >= 0.3 is 5.97 Å². The highest BCUT2D eigenvalue weighted by Gasteiger charge is 2.13. The minimum atomic E-state index is -0.507. The highest BCUT2D eigenvalue weighted by Crippen LogP contribution is 2.28. The van der Waals surface area contributed by atoms with Crippen LogP contribution in [-0.2, 0) is 9.53 Å². The van der Waals surface area contributed by atoms with Crippen molar-refractivity contribution in [3.63, 3.8) is 0 Å². The first-order valence-corrected chi connectivity index (χ1v) is 10.5. The molecule has 166 valence electrons. The summed E-state index contributed by atoms with van der Waals surface area (Å²) >= 11 is 5.87. The second-order valence-corrected chi connectivity index (χ2v) is 7.25. The van der Waals surface area contributed by atoms with Gasteiger partial charge in [0.1, 0.15) is 5.82 Å². The zero-order chi connectivity index (χ0) is 23.2. The van der Waals surface area contributed by atoms with Crippen molar-refractivity contribution < 1.29 is 13.9 Å². The first-order chi connectivity index (χ1) is 16.0. The molecule has 2 aromatic carbocycles. The van der Waals surface area contributed by atoms with E-state index in [-0.39, 0.29) is 5.02 Å². The monoisotopic (exact) mass is 463 g/mol. The molecule has 0 amide bonds. The Labute approximate surface area is 194 Å². The molecule has 0 aliphatic carbocycles. The van der Waals surface area contributed by atoms with Gasteiger partial charge in [0.05, 0.1) is 11.6 Å². The molecular weight excluding hydrogens is 445 g/mol. The first-order valence-electron chi connectivity index (χ1n) is 10.1. The van der Waals surface area contributed by atoms with Gasteiger partial charge in [-0.2, -0.15) is 10.1 Å². The van der Waals surface area contributed by atoms with Crippen molar-refractivity contribution >= 4 is 35.3 Å². The Kier molecular flexibility index (Phi) is 6.75. The molecule has 0 radical (unpaired) electrons. The molecule has 0 saturated heterocycles. The normalized spacial score (nSPS) is 11.0. The number of aromatic nitrogens is 4. The van der Waals surface area contributed by atoms with Gasteiger partial charge in [0.2, 0.25) is 5.95 Å². The third-order valence-electron chi connectivity index (χ3n) is 4.56. The molecular formula is C24H19ClFN5O2. The average Bonchev–Trinajstić information content (AvgIpc) is 3.35. The molecule has 2 aromatic heterocycles. The zero-order valence-corrected chi connectivity index (χ0v) is 18.3. The Morgan fingerprint density at radius 1 is 1.24 bits per heavy atom. The van der Waals surface area contributed by atoms with Crippen LogP contribution in [0.15, 0.2) is 73.2 Å². The maximum atomic E-state index is 13.5. The summed E-state index contributed by atoms with van der Waals surface area (Å²) in [6.07, 6.45) is 8.16.